The Morgan fingerprint density at radius 3 is 2.60 bits per heavy atom. The lowest BCUT2D eigenvalue weighted by atomic mass is 10.2. The van der Waals surface area contributed by atoms with Gasteiger partial charge in [0, 0.05) is 18.0 Å². The molecule has 0 saturated heterocycles. The van der Waals surface area contributed by atoms with Crippen molar-refractivity contribution in [3.05, 3.63) is 29.8 Å². The Morgan fingerprint density at radius 1 is 1.20 bits per heavy atom. The summed E-state index contributed by atoms with van der Waals surface area (Å²) in [6.45, 7) is 2.30. The van der Waals surface area contributed by atoms with Gasteiger partial charge in [-0.25, -0.2) is 0 Å². The molecule has 20 heavy (non-hydrogen) atoms. The summed E-state index contributed by atoms with van der Waals surface area (Å²) in [5.74, 6) is -1.91. The highest BCUT2D eigenvalue weighted by molar-refractivity contribution is 5.95. The number of ether oxygens (including phenoxy) is 1. The molecule has 0 aromatic heterocycles. The second-order valence-electron chi connectivity index (χ2n) is 3.84. The highest BCUT2D eigenvalue weighted by Gasteiger charge is 2.08. The molecule has 0 bridgehead atoms. The minimum Gasteiger partial charge on any atom is -0.550 e. The minimum atomic E-state index is -1.32. The largest absolute Gasteiger partial charge is 0.550 e. The van der Waals surface area contributed by atoms with E-state index in [4.69, 9.17) is 4.74 Å². The maximum absolute atomic E-state index is 11.7. The zero-order valence-corrected chi connectivity index (χ0v) is 11.0. The first-order chi connectivity index (χ1) is 9.52. The maximum atomic E-state index is 11.7. The van der Waals surface area contributed by atoms with Crippen LogP contribution >= 0.6 is 0 Å². The van der Waals surface area contributed by atoms with Gasteiger partial charge in [-0.05, 0) is 31.5 Å². The van der Waals surface area contributed by atoms with Crippen molar-refractivity contribution < 1.29 is 24.2 Å². The fourth-order valence-corrected chi connectivity index (χ4v) is 1.37. The van der Waals surface area contributed by atoms with Crippen LogP contribution in [0.25, 0.3) is 0 Å². The molecular formula is C13H15N2O5-. The van der Waals surface area contributed by atoms with Gasteiger partial charge in [0.2, 0.25) is 5.91 Å². The molecule has 0 fully saturated rings. The molecule has 2 amide bonds. The van der Waals surface area contributed by atoms with Crippen LogP contribution in [0, 0.1) is 0 Å². The third-order valence-electron chi connectivity index (χ3n) is 2.28. The lowest BCUT2D eigenvalue weighted by Gasteiger charge is -2.09. The number of carbonyl (C=O) groups is 3. The summed E-state index contributed by atoms with van der Waals surface area (Å²) in [7, 11) is 0. The van der Waals surface area contributed by atoms with E-state index in [1.54, 1.807) is 18.2 Å². The summed E-state index contributed by atoms with van der Waals surface area (Å²) < 4.78 is 5.25. The molecule has 0 spiro atoms. The molecule has 1 rings (SSSR count). The highest BCUT2D eigenvalue weighted by Crippen LogP contribution is 2.12. The van der Waals surface area contributed by atoms with E-state index in [1.165, 1.54) is 6.07 Å². The molecule has 0 aliphatic heterocycles. The van der Waals surface area contributed by atoms with Crippen molar-refractivity contribution >= 4 is 17.8 Å². The van der Waals surface area contributed by atoms with Crippen molar-refractivity contribution in [2.24, 2.45) is 0 Å². The van der Waals surface area contributed by atoms with E-state index in [-0.39, 0.29) is 6.42 Å². The van der Waals surface area contributed by atoms with Gasteiger partial charge < -0.3 is 14.6 Å². The second-order valence-corrected chi connectivity index (χ2v) is 3.84. The Morgan fingerprint density at radius 2 is 1.95 bits per heavy atom. The number of amides is 2. The summed E-state index contributed by atoms with van der Waals surface area (Å²) >= 11 is 0. The van der Waals surface area contributed by atoms with Gasteiger partial charge in [0.05, 0.1) is 6.61 Å². The van der Waals surface area contributed by atoms with Gasteiger partial charge in [0.1, 0.15) is 5.75 Å². The van der Waals surface area contributed by atoms with Crippen LogP contribution in [0.5, 0.6) is 5.75 Å². The SMILES string of the molecule is CCOc1cccc(C(=O)NNC(=O)CCC(=O)[O-])c1. The fraction of sp³-hybridized carbons (Fsp3) is 0.308. The molecule has 0 aliphatic rings. The van der Waals surface area contributed by atoms with E-state index in [0.29, 0.717) is 17.9 Å². The van der Waals surface area contributed by atoms with Crippen LogP contribution in [-0.4, -0.2) is 24.4 Å². The van der Waals surface area contributed by atoms with Crippen LogP contribution in [0.2, 0.25) is 0 Å². The predicted octanol–water partition coefficient (Wildman–Crippen LogP) is -0.624. The predicted molar refractivity (Wildman–Crippen MR) is 67.5 cm³/mol. The Hall–Kier alpha value is -2.57. The maximum Gasteiger partial charge on any atom is 0.269 e. The Kier molecular flexibility index (Phi) is 6.02. The van der Waals surface area contributed by atoms with Crippen molar-refractivity contribution in [3.63, 3.8) is 0 Å². The monoisotopic (exact) mass is 279 g/mol. The zero-order chi connectivity index (χ0) is 15.0. The Balaban J connectivity index is 2.48. The summed E-state index contributed by atoms with van der Waals surface area (Å²) in [4.78, 5) is 33.1. The molecule has 7 heteroatoms. The fourth-order valence-electron chi connectivity index (χ4n) is 1.37. The van der Waals surface area contributed by atoms with Crippen LogP contribution in [0.15, 0.2) is 24.3 Å². The van der Waals surface area contributed by atoms with Gasteiger partial charge in [-0.2, -0.15) is 0 Å². The van der Waals surface area contributed by atoms with Gasteiger partial charge in [-0.1, -0.05) is 6.07 Å². The van der Waals surface area contributed by atoms with Crippen LogP contribution in [0.4, 0.5) is 0 Å². The number of aliphatic carboxylic acids is 1. The number of rotatable bonds is 6. The minimum absolute atomic E-state index is 0.262. The quantitative estimate of drug-likeness (QED) is 0.674. The Labute approximate surface area is 115 Å². The molecule has 108 valence electrons. The first-order valence-electron chi connectivity index (χ1n) is 6.04. The summed E-state index contributed by atoms with van der Waals surface area (Å²) in [5, 5.41) is 10.2. The van der Waals surface area contributed by atoms with Gasteiger partial charge in [-0.15, -0.1) is 0 Å². The molecule has 0 saturated carbocycles. The van der Waals surface area contributed by atoms with E-state index in [2.05, 4.69) is 10.9 Å². The smallest absolute Gasteiger partial charge is 0.269 e. The van der Waals surface area contributed by atoms with Crippen LogP contribution < -0.4 is 20.7 Å². The molecule has 1 aromatic carbocycles. The number of carbonyl (C=O) groups excluding carboxylic acids is 3. The average molecular weight is 279 g/mol. The van der Waals surface area contributed by atoms with Gasteiger partial charge in [0.25, 0.3) is 5.91 Å². The Bertz CT molecular complexity index is 501. The van der Waals surface area contributed by atoms with Crippen LogP contribution in [0.1, 0.15) is 30.1 Å². The van der Waals surface area contributed by atoms with Gasteiger partial charge in [-0.3, -0.25) is 20.4 Å². The van der Waals surface area contributed by atoms with E-state index < -0.39 is 24.2 Å². The lowest BCUT2D eigenvalue weighted by Crippen LogP contribution is -2.42. The molecule has 0 heterocycles. The van der Waals surface area contributed by atoms with E-state index in [1.807, 2.05) is 6.92 Å². The summed E-state index contributed by atoms with van der Waals surface area (Å²) in [6.07, 6.45) is -0.664. The van der Waals surface area contributed by atoms with Gasteiger partial charge >= 0.3 is 0 Å². The summed E-state index contributed by atoms with van der Waals surface area (Å²) in [6, 6.07) is 6.45. The van der Waals surface area contributed by atoms with Crippen molar-refractivity contribution in [2.45, 2.75) is 19.8 Å². The average Bonchev–Trinajstić information content (AvgIpc) is 2.43. The van der Waals surface area contributed by atoms with Crippen molar-refractivity contribution in [2.75, 3.05) is 6.61 Å². The molecule has 7 nitrogen and oxygen atoms in total. The number of carboxylic acid groups (broad SMARTS) is 1. The van der Waals surface area contributed by atoms with Crippen molar-refractivity contribution in [1.29, 1.82) is 0 Å². The number of carboxylic acids is 1. The van der Waals surface area contributed by atoms with Crippen LogP contribution in [0.3, 0.4) is 0 Å². The van der Waals surface area contributed by atoms with E-state index >= 15 is 0 Å². The van der Waals surface area contributed by atoms with E-state index in [0.717, 1.165) is 0 Å². The number of hydrogen-bond acceptors (Lipinski definition) is 5. The zero-order valence-electron chi connectivity index (χ0n) is 11.0. The second kappa shape index (κ2) is 7.78. The molecule has 1 aromatic rings. The first kappa shape index (κ1) is 15.5. The number of nitrogens with one attached hydrogen (secondary N) is 2. The topological polar surface area (TPSA) is 108 Å². The molecule has 0 atom stereocenters. The normalized spacial score (nSPS) is 9.65. The highest BCUT2D eigenvalue weighted by atomic mass is 16.5. The molecular weight excluding hydrogens is 264 g/mol. The first-order valence-corrected chi connectivity index (χ1v) is 6.04. The van der Waals surface area contributed by atoms with Crippen molar-refractivity contribution in [1.82, 2.24) is 10.9 Å². The summed E-state index contributed by atoms with van der Waals surface area (Å²) in [5.41, 5.74) is 4.62. The number of hydrogen-bond donors (Lipinski definition) is 2. The lowest BCUT2D eigenvalue weighted by molar-refractivity contribution is -0.305. The molecule has 2 N–H and O–H groups in total. The third kappa shape index (κ3) is 5.38. The number of hydrazine groups is 1. The standard InChI is InChI=1S/C13H16N2O5/c1-2-20-10-5-3-4-9(8-10)13(19)15-14-11(16)6-7-12(17)18/h3-5,8H,2,6-7H2,1H3,(H,14,16)(H,15,19)(H,17,18)/p-1. The molecule has 0 radical (unpaired) electrons. The number of benzene rings is 1. The van der Waals surface area contributed by atoms with Gasteiger partial charge in [0.15, 0.2) is 0 Å². The molecule has 0 aliphatic carbocycles. The third-order valence-corrected chi connectivity index (χ3v) is 2.28. The molecule has 0 unspecified atom stereocenters. The van der Waals surface area contributed by atoms with Crippen LogP contribution in [-0.2, 0) is 9.59 Å². The van der Waals surface area contributed by atoms with E-state index in [9.17, 15) is 19.5 Å². The van der Waals surface area contributed by atoms with Crippen molar-refractivity contribution in [3.8, 4) is 5.75 Å².